The Hall–Kier alpha value is -3.79. The third-order valence-electron chi connectivity index (χ3n) is 7.13. The molecule has 3 aromatic carbocycles. The molecule has 0 radical (unpaired) electrons. The number of carbonyl (C=O) groups excluding carboxylic acids is 1. The van der Waals surface area contributed by atoms with E-state index in [4.69, 9.17) is 4.43 Å². The molecule has 0 fully saturated rings. The van der Waals surface area contributed by atoms with E-state index in [1.165, 1.54) is 34.7 Å². The summed E-state index contributed by atoms with van der Waals surface area (Å²) in [6, 6.07) is 30.7. The number of carbonyl (C=O) groups is 1. The SMILES string of the molecule is CC(C)(C)[Si](OC[C@@H]1C=C(F)[C@H](n2ccc(NC(=O)c3ccccc3)nc2=O)S1)(c1ccccc1)c1ccccc1. The van der Waals surface area contributed by atoms with Crippen molar-refractivity contribution in [2.75, 3.05) is 11.9 Å². The van der Waals surface area contributed by atoms with Gasteiger partial charge < -0.3 is 9.74 Å². The summed E-state index contributed by atoms with van der Waals surface area (Å²) in [6.45, 7) is 6.88. The molecule has 1 N–H and O–H groups in total. The zero-order valence-electron chi connectivity index (χ0n) is 23.2. The fourth-order valence-electron chi connectivity index (χ4n) is 5.22. The number of nitrogens with zero attached hydrogens (tertiary/aromatic N) is 2. The number of hydrogen-bond donors (Lipinski definition) is 1. The van der Waals surface area contributed by atoms with Crippen molar-refractivity contribution in [1.29, 1.82) is 0 Å². The van der Waals surface area contributed by atoms with Crippen LogP contribution in [0.3, 0.4) is 0 Å². The van der Waals surface area contributed by atoms with Crippen LogP contribution >= 0.6 is 11.8 Å². The number of anilines is 1. The van der Waals surface area contributed by atoms with Crippen molar-refractivity contribution in [3.8, 4) is 0 Å². The van der Waals surface area contributed by atoms with E-state index in [1.54, 1.807) is 24.3 Å². The van der Waals surface area contributed by atoms with Crippen LogP contribution in [0.2, 0.25) is 5.04 Å². The van der Waals surface area contributed by atoms with E-state index in [-0.39, 0.29) is 28.6 Å². The number of aromatic nitrogens is 2. The van der Waals surface area contributed by atoms with Gasteiger partial charge in [0.15, 0.2) is 0 Å². The van der Waals surface area contributed by atoms with Crippen LogP contribution in [0.15, 0.2) is 120 Å². The molecule has 0 bridgehead atoms. The molecule has 1 aliphatic heterocycles. The van der Waals surface area contributed by atoms with Crippen LogP contribution in [0, 0.1) is 0 Å². The zero-order valence-corrected chi connectivity index (χ0v) is 25.0. The lowest BCUT2D eigenvalue weighted by atomic mass is 10.2. The number of halogens is 1. The van der Waals surface area contributed by atoms with Crippen molar-refractivity contribution in [2.24, 2.45) is 0 Å². The van der Waals surface area contributed by atoms with Crippen LogP contribution in [0.5, 0.6) is 0 Å². The van der Waals surface area contributed by atoms with Gasteiger partial charge in [-0.15, -0.1) is 11.8 Å². The summed E-state index contributed by atoms with van der Waals surface area (Å²) in [5.41, 5.74) is -0.201. The molecule has 9 heteroatoms. The van der Waals surface area contributed by atoms with Crippen molar-refractivity contribution in [2.45, 2.75) is 36.4 Å². The summed E-state index contributed by atoms with van der Waals surface area (Å²) >= 11 is 1.31. The average Bonchev–Trinajstić information content (AvgIpc) is 3.34. The highest BCUT2D eigenvalue weighted by Gasteiger charge is 2.50. The second kappa shape index (κ2) is 12.0. The van der Waals surface area contributed by atoms with Gasteiger partial charge in [0.25, 0.3) is 14.2 Å². The van der Waals surface area contributed by atoms with E-state index in [2.05, 4.69) is 55.3 Å². The lowest BCUT2D eigenvalue weighted by molar-refractivity contribution is 0.102. The van der Waals surface area contributed by atoms with Crippen molar-refractivity contribution in [3.63, 3.8) is 0 Å². The molecule has 2 atom stereocenters. The van der Waals surface area contributed by atoms with E-state index < -0.39 is 25.2 Å². The number of rotatable bonds is 8. The first-order valence-corrected chi connectivity index (χ1v) is 16.3. The Kier molecular flexibility index (Phi) is 8.39. The van der Waals surface area contributed by atoms with Crippen LogP contribution in [0.1, 0.15) is 36.5 Å². The van der Waals surface area contributed by atoms with Crippen molar-refractivity contribution in [3.05, 3.63) is 131 Å². The first-order valence-electron chi connectivity index (χ1n) is 13.4. The van der Waals surface area contributed by atoms with Crippen LogP contribution < -0.4 is 21.4 Å². The first-order chi connectivity index (χ1) is 19.7. The van der Waals surface area contributed by atoms with Crippen molar-refractivity contribution >= 4 is 42.2 Å². The Bertz CT molecular complexity index is 1550. The number of amides is 1. The maximum Gasteiger partial charge on any atom is 0.350 e. The molecule has 1 aromatic heterocycles. The summed E-state index contributed by atoms with van der Waals surface area (Å²) < 4.78 is 23.5. The fourth-order valence-corrected chi connectivity index (χ4v) is 11.1. The van der Waals surface area contributed by atoms with Crippen molar-refractivity contribution < 1.29 is 13.6 Å². The maximum atomic E-state index is 15.3. The monoisotopic (exact) mass is 585 g/mol. The van der Waals surface area contributed by atoms with Crippen LogP contribution in [0.25, 0.3) is 0 Å². The second-order valence-electron chi connectivity index (χ2n) is 10.9. The molecule has 0 spiro atoms. The first kappa shape index (κ1) is 28.7. The molecular weight excluding hydrogens is 554 g/mol. The van der Waals surface area contributed by atoms with Gasteiger partial charge >= 0.3 is 5.69 Å². The van der Waals surface area contributed by atoms with Gasteiger partial charge in [0, 0.05) is 11.8 Å². The highest BCUT2D eigenvalue weighted by molar-refractivity contribution is 8.00. The molecule has 0 saturated carbocycles. The summed E-state index contributed by atoms with van der Waals surface area (Å²) in [4.78, 5) is 29.3. The molecule has 5 rings (SSSR count). The van der Waals surface area contributed by atoms with Crippen molar-refractivity contribution in [1.82, 2.24) is 9.55 Å². The molecule has 6 nitrogen and oxygen atoms in total. The summed E-state index contributed by atoms with van der Waals surface area (Å²) in [7, 11) is -2.79. The Morgan fingerprint density at radius 3 is 2.05 bits per heavy atom. The zero-order chi connectivity index (χ0) is 29.0. The average molecular weight is 586 g/mol. The molecular formula is C32H32FN3O3SSi. The highest BCUT2D eigenvalue weighted by atomic mass is 32.2. The van der Waals surface area contributed by atoms with Gasteiger partial charge in [0.2, 0.25) is 0 Å². The molecule has 210 valence electrons. The van der Waals surface area contributed by atoms with Gasteiger partial charge in [-0.2, -0.15) is 4.98 Å². The fraction of sp³-hybridized carbons (Fsp3) is 0.219. The predicted molar refractivity (Wildman–Crippen MR) is 166 cm³/mol. The third kappa shape index (κ3) is 5.97. The summed E-state index contributed by atoms with van der Waals surface area (Å²) in [6.07, 6.45) is 3.00. The smallest absolute Gasteiger partial charge is 0.350 e. The quantitative estimate of drug-likeness (QED) is 0.275. The number of nitrogens with one attached hydrogen (secondary N) is 1. The van der Waals surface area contributed by atoms with Gasteiger partial charge in [-0.05, 0) is 39.7 Å². The van der Waals surface area contributed by atoms with Gasteiger partial charge in [0.05, 0.1) is 11.9 Å². The number of thioether (sulfide) groups is 1. The minimum absolute atomic E-state index is 0.110. The van der Waals surface area contributed by atoms with Gasteiger partial charge in [-0.1, -0.05) is 99.6 Å². The minimum atomic E-state index is -2.79. The molecule has 1 aliphatic rings. The number of hydrogen-bond acceptors (Lipinski definition) is 5. The lowest BCUT2D eigenvalue weighted by Crippen LogP contribution is -2.67. The van der Waals surface area contributed by atoms with Crippen LogP contribution in [-0.2, 0) is 4.43 Å². The van der Waals surface area contributed by atoms with Crippen LogP contribution in [0.4, 0.5) is 10.2 Å². The lowest BCUT2D eigenvalue weighted by Gasteiger charge is -2.43. The van der Waals surface area contributed by atoms with Crippen LogP contribution in [-0.4, -0.2) is 35.6 Å². The second-order valence-corrected chi connectivity index (χ2v) is 16.5. The Morgan fingerprint density at radius 1 is 0.951 bits per heavy atom. The molecule has 2 heterocycles. The van der Waals surface area contributed by atoms with Gasteiger partial charge in [0.1, 0.15) is 17.0 Å². The minimum Gasteiger partial charge on any atom is -0.406 e. The Balaban J connectivity index is 1.35. The van der Waals surface area contributed by atoms with Gasteiger partial charge in [-0.3, -0.25) is 9.36 Å². The molecule has 0 unspecified atom stereocenters. The summed E-state index contributed by atoms with van der Waals surface area (Å²) in [5, 5.41) is 3.56. The Morgan fingerprint density at radius 2 is 1.51 bits per heavy atom. The standard InChI is InChI=1S/C32H32FN3O3SSi/c1-32(2,3)41(25-15-9-5-10-16-25,26-17-11-6-12-18-26)39-22-24-21-27(33)30(40-24)36-20-19-28(35-31(36)38)34-29(37)23-13-7-4-8-14-23/h4-21,24,30H,22H2,1-3H3,(H,34,35,37,38)/t24-,30+/m0/s1. The molecule has 4 aromatic rings. The molecule has 0 saturated heterocycles. The van der Waals surface area contributed by atoms with Gasteiger partial charge in [-0.25, -0.2) is 9.18 Å². The number of benzene rings is 3. The van der Waals surface area contributed by atoms with E-state index in [0.717, 1.165) is 10.4 Å². The molecule has 41 heavy (non-hydrogen) atoms. The topological polar surface area (TPSA) is 73.2 Å². The van der Waals surface area contributed by atoms with E-state index in [0.29, 0.717) is 5.56 Å². The van der Waals surface area contributed by atoms with E-state index in [9.17, 15) is 9.59 Å². The largest absolute Gasteiger partial charge is 0.406 e. The highest BCUT2D eigenvalue weighted by Crippen LogP contribution is 2.43. The summed E-state index contributed by atoms with van der Waals surface area (Å²) in [5.74, 6) is -0.688. The predicted octanol–water partition coefficient (Wildman–Crippen LogP) is 5.54. The molecule has 0 aliphatic carbocycles. The third-order valence-corrected chi connectivity index (χ3v) is 13.5. The molecule has 1 amide bonds. The maximum absolute atomic E-state index is 15.3. The Labute approximate surface area is 244 Å². The van der Waals surface area contributed by atoms with E-state index >= 15 is 4.39 Å². The van der Waals surface area contributed by atoms with E-state index in [1.807, 2.05) is 42.5 Å². The normalized spacial score (nSPS) is 17.2.